The minimum absolute atomic E-state index is 0.152. The van der Waals surface area contributed by atoms with E-state index in [4.69, 9.17) is 28.3 Å². The molecule has 116 valence electrons. The first-order chi connectivity index (χ1) is 9.81. The second-order valence-electron chi connectivity index (χ2n) is 4.59. The highest BCUT2D eigenvalue weighted by Crippen LogP contribution is 2.29. The first kappa shape index (κ1) is 17.7. The molecule has 21 heavy (non-hydrogen) atoms. The van der Waals surface area contributed by atoms with Gasteiger partial charge in [0.15, 0.2) is 0 Å². The van der Waals surface area contributed by atoms with Gasteiger partial charge in [-0.2, -0.15) is 0 Å². The van der Waals surface area contributed by atoms with Crippen molar-refractivity contribution in [2.24, 2.45) is 0 Å². The first-order valence-corrected chi connectivity index (χ1v) is 7.03. The molecule has 0 aliphatic carbocycles. The Balaban J connectivity index is 2.68. The van der Waals surface area contributed by atoms with E-state index in [-0.39, 0.29) is 28.7 Å². The molecule has 0 aliphatic heterocycles. The molecule has 0 radical (unpaired) electrons. The van der Waals surface area contributed by atoms with Crippen LogP contribution in [0.3, 0.4) is 0 Å². The third-order valence-corrected chi connectivity index (χ3v) is 3.33. The molecule has 2 atom stereocenters. The number of para-hydroxylation sites is 1. The number of carboxylic acid groups (broad SMARTS) is 1. The fourth-order valence-corrected chi connectivity index (χ4v) is 2.12. The number of carbonyl (C=O) groups excluding carboxylic acids is 2. The molecule has 8 heteroatoms. The lowest BCUT2D eigenvalue weighted by atomic mass is 10.2. The lowest BCUT2D eigenvalue weighted by Crippen LogP contribution is -2.94. The summed E-state index contributed by atoms with van der Waals surface area (Å²) >= 11 is 11.8. The molecular weight excluding hydrogens is 319 g/mol. The Bertz CT molecular complexity index is 503. The number of rotatable bonds is 7. The maximum Gasteiger partial charge on any atom is 0.230 e. The van der Waals surface area contributed by atoms with Crippen molar-refractivity contribution in [1.29, 1.82) is 0 Å². The highest BCUT2D eigenvalue weighted by atomic mass is 35.5. The van der Waals surface area contributed by atoms with E-state index in [1.54, 1.807) is 18.2 Å². The standard InChI is InChI=1S/C13H16Cl2N2O4/c1-7(18)6-16-10(13(20)21)5-11(19)17-12-8(14)3-2-4-9(12)15/h2-4,7,10,16,18H,5-6H2,1H3,(H,17,19)(H,20,21)/t7-,10-/m1/s1. The van der Waals surface area contributed by atoms with E-state index < -0.39 is 24.0 Å². The Morgan fingerprint density at radius 1 is 1.38 bits per heavy atom. The molecule has 1 aromatic rings. The zero-order valence-electron chi connectivity index (χ0n) is 11.3. The van der Waals surface area contributed by atoms with Crippen LogP contribution < -0.4 is 15.7 Å². The minimum atomic E-state index is -1.38. The second kappa shape index (κ2) is 8.19. The van der Waals surface area contributed by atoms with Crippen LogP contribution in [0.4, 0.5) is 5.69 Å². The molecular formula is C13H16Cl2N2O4. The Morgan fingerprint density at radius 2 is 1.95 bits per heavy atom. The molecule has 0 aliphatic rings. The van der Waals surface area contributed by atoms with E-state index >= 15 is 0 Å². The van der Waals surface area contributed by atoms with Crippen molar-refractivity contribution in [2.75, 3.05) is 11.9 Å². The summed E-state index contributed by atoms with van der Waals surface area (Å²) in [7, 11) is 0. The summed E-state index contributed by atoms with van der Waals surface area (Å²) < 4.78 is 0. The number of amides is 1. The van der Waals surface area contributed by atoms with E-state index in [9.17, 15) is 14.7 Å². The van der Waals surface area contributed by atoms with Crippen LogP contribution in [0, 0.1) is 0 Å². The molecule has 6 nitrogen and oxygen atoms in total. The van der Waals surface area contributed by atoms with Crippen LogP contribution in [0.5, 0.6) is 0 Å². The van der Waals surface area contributed by atoms with Crippen molar-refractivity contribution in [1.82, 2.24) is 0 Å². The van der Waals surface area contributed by atoms with Crippen LogP contribution in [-0.2, 0) is 9.59 Å². The average molecular weight is 335 g/mol. The molecule has 1 aromatic carbocycles. The summed E-state index contributed by atoms with van der Waals surface area (Å²) in [5, 5.41) is 24.5. The van der Waals surface area contributed by atoms with Gasteiger partial charge in [0.25, 0.3) is 0 Å². The molecule has 0 unspecified atom stereocenters. The lowest BCUT2D eigenvalue weighted by molar-refractivity contribution is -0.687. The molecule has 1 amide bonds. The number of nitrogens with two attached hydrogens (primary N) is 1. The molecule has 0 heterocycles. The maximum absolute atomic E-state index is 11.9. The highest BCUT2D eigenvalue weighted by Gasteiger charge is 2.20. The lowest BCUT2D eigenvalue weighted by Gasteiger charge is -2.17. The Kier molecular flexibility index (Phi) is 6.91. The molecule has 0 saturated heterocycles. The Hall–Kier alpha value is -1.34. The molecule has 0 saturated carbocycles. The largest absolute Gasteiger partial charge is 0.544 e. The number of carboxylic acids is 1. The number of hydrogen-bond donors (Lipinski definition) is 3. The number of benzene rings is 1. The number of halogens is 2. The van der Waals surface area contributed by atoms with Crippen molar-refractivity contribution < 1.29 is 25.1 Å². The van der Waals surface area contributed by atoms with Gasteiger partial charge < -0.3 is 25.6 Å². The number of carbonyl (C=O) groups is 2. The summed E-state index contributed by atoms with van der Waals surface area (Å²) in [6, 6.07) is 3.64. The minimum Gasteiger partial charge on any atom is -0.544 e. The summed E-state index contributed by atoms with van der Waals surface area (Å²) in [6.45, 7) is 1.67. The monoisotopic (exact) mass is 334 g/mol. The van der Waals surface area contributed by atoms with Crippen LogP contribution in [0.25, 0.3) is 0 Å². The summed E-state index contributed by atoms with van der Waals surface area (Å²) in [4.78, 5) is 22.9. The molecule has 0 aromatic heterocycles. The van der Waals surface area contributed by atoms with Crippen LogP contribution in [0.2, 0.25) is 10.0 Å². The van der Waals surface area contributed by atoms with Crippen molar-refractivity contribution in [3.63, 3.8) is 0 Å². The molecule has 0 bridgehead atoms. The van der Waals surface area contributed by atoms with E-state index in [0.717, 1.165) is 0 Å². The van der Waals surface area contributed by atoms with Gasteiger partial charge in [0, 0.05) is 0 Å². The number of aliphatic carboxylic acids is 1. The van der Waals surface area contributed by atoms with Crippen molar-refractivity contribution in [2.45, 2.75) is 25.5 Å². The van der Waals surface area contributed by atoms with E-state index in [1.165, 1.54) is 12.2 Å². The van der Waals surface area contributed by atoms with Crippen molar-refractivity contribution in [3.8, 4) is 0 Å². The normalized spacial score (nSPS) is 13.5. The molecule has 1 rings (SSSR count). The van der Waals surface area contributed by atoms with Gasteiger partial charge >= 0.3 is 0 Å². The number of aliphatic hydroxyl groups is 1. The average Bonchev–Trinajstić information content (AvgIpc) is 2.38. The van der Waals surface area contributed by atoms with E-state index in [0.29, 0.717) is 0 Å². The fraction of sp³-hybridized carbons (Fsp3) is 0.385. The third-order valence-electron chi connectivity index (χ3n) is 2.70. The molecule has 0 fully saturated rings. The zero-order chi connectivity index (χ0) is 16.0. The van der Waals surface area contributed by atoms with Crippen LogP contribution in [0.15, 0.2) is 18.2 Å². The number of hydrogen-bond acceptors (Lipinski definition) is 4. The zero-order valence-corrected chi connectivity index (χ0v) is 12.8. The smallest absolute Gasteiger partial charge is 0.230 e. The number of quaternary nitrogens is 1. The van der Waals surface area contributed by atoms with Crippen molar-refractivity contribution in [3.05, 3.63) is 28.2 Å². The maximum atomic E-state index is 11.9. The van der Waals surface area contributed by atoms with E-state index in [1.807, 2.05) is 0 Å². The van der Waals surface area contributed by atoms with Gasteiger partial charge in [0.1, 0.15) is 12.6 Å². The predicted octanol–water partition coefficient (Wildman–Crippen LogP) is -0.615. The molecule has 4 N–H and O–H groups in total. The SMILES string of the molecule is C[C@@H](O)C[NH2+][C@H](CC(=O)Nc1c(Cl)cccc1Cl)C(=O)[O-]. The van der Waals surface area contributed by atoms with Gasteiger partial charge in [0.2, 0.25) is 5.91 Å². The van der Waals surface area contributed by atoms with Gasteiger partial charge in [-0.05, 0) is 19.1 Å². The van der Waals surface area contributed by atoms with Crippen LogP contribution in [-0.4, -0.2) is 35.7 Å². The first-order valence-electron chi connectivity index (χ1n) is 6.27. The Morgan fingerprint density at radius 3 is 2.43 bits per heavy atom. The highest BCUT2D eigenvalue weighted by molar-refractivity contribution is 6.39. The number of anilines is 1. The fourth-order valence-electron chi connectivity index (χ4n) is 1.63. The quantitative estimate of drug-likeness (QED) is 0.618. The summed E-state index contributed by atoms with van der Waals surface area (Å²) in [6.07, 6.45) is -1.01. The van der Waals surface area contributed by atoms with E-state index in [2.05, 4.69) is 5.32 Å². The summed E-state index contributed by atoms with van der Waals surface area (Å²) in [5.74, 6) is -1.93. The molecule has 0 spiro atoms. The third kappa shape index (κ3) is 5.89. The van der Waals surface area contributed by atoms with Crippen LogP contribution >= 0.6 is 23.2 Å². The van der Waals surface area contributed by atoms with Crippen molar-refractivity contribution >= 4 is 40.8 Å². The summed E-state index contributed by atoms with van der Waals surface area (Å²) in [5.41, 5.74) is 0.235. The topological polar surface area (TPSA) is 106 Å². The number of nitrogens with one attached hydrogen (secondary N) is 1. The second-order valence-corrected chi connectivity index (χ2v) is 5.41. The van der Waals surface area contributed by atoms with Crippen LogP contribution in [0.1, 0.15) is 13.3 Å². The van der Waals surface area contributed by atoms with Gasteiger partial charge in [-0.1, -0.05) is 29.3 Å². The van der Waals surface area contributed by atoms with Gasteiger partial charge in [-0.15, -0.1) is 0 Å². The predicted molar refractivity (Wildman–Crippen MR) is 77.0 cm³/mol. The van der Waals surface area contributed by atoms with Gasteiger partial charge in [-0.3, -0.25) is 4.79 Å². The Labute approximate surface area is 132 Å². The number of aliphatic hydroxyl groups excluding tert-OH is 1. The van der Waals surface area contributed by atoms with Gasteiger partial charge in [0.05, 0.1) is 34.2 Å². The van der Waals surface area contributed by atoms with Gasteiger partial charge in [-0.25, -0.2) is 0 Å².